The van der Waals surface area contributed by atoms with Gasteiger partial charge in [0.05, 0.1) is 18.2 Å². The molecule has 0 aliphatic carbocycles. The van der Waals surface area contributed by atoms with Gasteiger partial charge in [0, 0.05) is 11.0 Å². The molecule has 1 rings (SSSR count). The van der Waals surface area contributed by atoms with Crippen LogP contribution in [0.15, 0.2) is 18.2 Å². The van der Waals surface area contributed by atoms with Gasteiger partial charge in [-0.05, 0) is 25.1 Å². The minimum Gasteiger partial charge on any atom is -0.492 e. The van der Waals surface area contributed by atoms with E-state index in [4.69, 9.17) is 16.3 Å². The number of rotatable bonds is 5. The van der Waals surface area contributed by atoms with Crippen molar-refractivity contribution < 1.29 is 14.3 Å². The van der Waals surface area contributed by atoms with Gasteiger partial charge < -0.3 is 10.1 Å². The van der Waals surface area contributed by atoms with Crippen LogP contribution in [0.3, 0.4) is 0 Å². The molecule has 0 heterocycles. The van der Waals surface area contributed by atoms with E-state index in [9.17, 15) is 9.59 Å². The van der Waals surface area contributed by atoms with Crippen LogP contribution >= 0.6 is 11.6 Å². The van der Waals surface area contributed by atoms with Gasteiger partial charge in [-0.25, -0.2) is 0 Å². The van der Waals surface area contributed by atoms with Crippen LogP contribution in [-0.2, 0) is 4.79 Å². The molecule has 0 spiro atoms. The third-order valence-electron chi connectivity index (χ3n) is 2.65. The van der Waals surface area contributed by atoms with E-state index in [0.29, 0.717) is 23.6 Å². The lowest BCUT2D eigenvalue weighted by atomic mass is 9.95. The van der Waals surface area contributed by atoms with Crippen LogP contribution < -0.4 is 10.1 Å². The highest BCUT2D eigenvalue weighted by atomic mass is 35.5. The summed E-state index contributed by atoms with van der Waals surface area (Å²) in [7, 11) is 0. The molecule has 1 N–H and O–H groups in total. The SMILES string of the molecule is CCOc1cc(C(=O)CCl)ccc1NC(=O)C(C)(C)C. The number of carbonyl (C=O) groups is 2. The largest absolute Gasteiger partial charge is 0.492 e. The second-order valence-electron chi connectivity index (χ2n) is 5.40. The predicted molar refractivity (Wildman–Crippen MR) is 80.7 cm³/mol. The first-order valence-electron chi connectivity index (χ1n) is 6.47. The maximum absolute atomic E-state index is 12.0. The topological polar surface area (TPSA) is 55.4 Å². The van der Waals surface area contributed by atoms with Crippen molar-refractivity contribution in [1.29, 1.82) is 0 Å². The molecular weight excluding hydrogens is 278 g/mol. The van der Waals surface area contributed by atoms with Crippen molar-refractivity contribution in [2.75, 3.05) is 17.8 Å². The Bertz CT molecular complexity index is 506. The number of ether oxygens (including phenoxy) is 1. The smallest absolute Gasteiger partial charge is 0.229 e. The van der Waals surface area contributed by atoms with E-state index < -0.39 is 5.41 Å². The van der Waals surface area contributed by atoms with Gasteiger partial charge in [-0.15, -0.1) is 11.6 Å². The van der Waals surface area contributed by atoms with Crippen LogP contribution in [-0.4, -0.2) is 24.2 Å². The Morgan fingerprint density at radius 1 is 1.30 bits per heavy atom. The molecular formula is C15H20ClNO3. The summed E-state index contributed by atoms with van der Waals surface area (Å²) in [6.07, 6.45) is 0. The van der Waals surface area contributed by atoms with Gasteiger partial charge in [-0.3, -0.25) is 9.59 Å². The molecule has 0 fully saturated rings. The fraction of sp³-hybridized carbons (Fsp3) is 0.467. The molecule has 0 saturated carbocycles. The Labute approximate surface area is 124 Å². The van der Waals surface area contributed by atoms with E-state index in [1.807, 2.05) is 27.7 Å². The Balaban J connectivity index is 3.07. The molecule has 0 unspecified atom stereocenters. The van der Waals surface area contributed by atoms with Crippen molar-refractivity contribution in [2.45, 2.75) is 27.7 Å². The summed E-state index contributed by atoms with van der Waals surface area (Å²) in [5, 5.41) is 2.81. The summed E-state index contributed by atoms with van der Waals surface area (Å²) < 4.78 is 5.48. The number of hydrogen-bond acceptors (Lipinski definition) is 3. The van der Waals surface area contributed by atoms with Crippen LogP contribution in [0, 0.1) is 5.41 Å². The summed E-state index contributed by atoms with van der Waals surface area (Å²) in [6.45, 7) is 7.76. The van der Waals surface area contributed by atoms with Crippen molar-refractivity contribution in [2.24, 2.45) is 5.41 Å². The average Bonchev–Trinajstić information content (AvgIpc) is 2.38. The van der Waals surface area contributed by atoms with Crippen molar-refractivity contribution in [3.63, 3.8) is 0 Å². The highest BCUT2D eigenvalue weighted by Gasteiger charge is 2.22. The second-order valence-corrected chi connectivity index (χ2v) is 5.67. The van der Waals surface area contributed by atoms with E-state index in [1.54, 1.807) is 18.2 Å². The van der Waals surface area contributed by atoms with Gasteiger partial charge in [0.25, 0.3) is 0 Å². The van der Waals surface area contributed by atoms with Crippen LogP contribution in [0.25, 0.3) is 0 Å². The number of amides is 1. The first kappa shape index (κ1) is 16.5. The monoisotopic (exact) mass is 297 g/mol. The fourth-order valence-electron chi connectivity index (χ4n) is 1.46. The highest BCUT2D eigenvalue weighted by molar-refractivity contribution is 6.30. The van der Waals surface area contributed by atoms with E-state index in [1.165, 1.54) is 0 Å². The maximum atomic E-state index is 12.0. The molecule has 0 aliphatic rings. The Morgan fingerprint density at radius 2 is 1.95 bits per heavy atom. The minimum absolute atomic E-state index is 0.0841. The van der Waals surface area contributed by atoms with Crippen molar-refractivity contribution in [3.8, 4) is 5.75 Å². The van der Waals surface area contributed by atoms with Gasteiger partial charge >= 0.3 is 0 Å². The standard InChI is InChI=1S/C15H20ClNO3/c1-5-20-13-8-10(12(18)9-16)6-7-11(13)17-14(19)15(2,3)4/h6-8H,5,9H2,1-4H3,(H,17,19). The van der Waals surface area contributed by atoms with E-state index in [2.05, 4.69) is 5.32 Å². The van der Waals surface area contributed by atoms with Crippen LogP contribution in [0.1, 0.15) is 38.1 Å². The number of anilines is 1. The van der Waals surface area contributed by atoms with E-state index >= 15 is 0 Å². The molecule has 1 aromatic carbocycles. The molecule has 1 amide bonds. The second kappa shape index (κ2) is 6.75. The Kier molecular flexibility index (Phi) is 5.57. The van der Waals surface area contributed by atoms with Gasteiger partial charge in [0.15, 0.2) is 5.78 Å². The quantitative estimate of drug-likeness (QED) is 0.668. The molecule has 0 aliphatic heterocycles. The third-order valence-corrected chi connectivity index (χ3v) is 2.90. The molecule has 0 saturated heterocycles. The lowest BCUT2D eigenvalue weighted by Crippen LogP contribution is -2.27. The summed E-state index contributed by atoms with van der Waals surface area (Å²) in [4.78, 5) is 23.6. The zero-order chi connectivity index (χ0) is 15.3. The summed E-state index contributed by atoms with van der Waals surface area (Å²) >= 11 is 5.54. The average molecular weight is 298 g/mol. The van der Waals surface area contributed by atoms with Gasteiger partial charge in [-0.2, -0.15) is 0 Å². The summed E-state index contributed by atoms with van der Waals surface area (Å²) in [5.41, 5.74) is 0.517. The number of halogens is 1. The van der Waals surface area contributed by atoms with E-state index in [0.717, 1.165) is 0 Å². The van der Waals surface area contributed by atoms with Crippen LogP contribution in [0.4, 0.5) is 5.69 Å². The number of hydrogen-bond donors (Lipinski definition) is 1. The van der Waals surface area contributed by atoms with Crippen LogP contribution in [0.2, 0.25) is 0 Å². The minimum atomic E-state index is -0.506. The zero-order valence-electron chi connectivity index (χ0n) is 12.2. The van der Waals surface area contributed by atoms with Gasteiger partial charge in [-0.1, -0.05) is 20.8 Å². The molecule has 1 aromatic rings. The lowest BCUT2D eigenvalue weighted by Gasteiger charge is -2.19. The number of carbonyl (C=O) groups excluding carboxylic acids is 2. The lowest BCUT2D eigenvalue weighted by molar-refractivity contribution is -0.123. The predicted octanol–water partition coefficient (Wildman–Crippen LogP) is 3.49. The summed E-state index contributed by atoms with van der Waals surface area (Å²) in [6, 6.07) is 4.90. The summed E-state index contributed by atoms with van der Waals surface area (Å²) in [5.74, 6) is 0.0940. The van der Waals surface area contributed by atoms with Crippen molar-refractivity contribution in [3.05, 3.63) is 23.8 Å². The number of benzene rings is 1. The molecule has 5 heteroatoms. The molecule has 0 bridgehead atoms. The van der Waals surface area contributed by atoms with Crippen LogP contribution in [0.5, 0.6) is 5.75 Å². The molecule has 0 radical (unpaired) electrons. The third kappa shape index (κ3) is 4.23. The Morgan fingerprint density at radius 3 is 2.45 bits per heavy atom. The molecule has 0 atom stereocenters. The fourth-order valence-corrected chi connectivity index (χ4v) is 1.62. The van der Waals surface area contributed by atoms with Gasteiger partial charge in [0.2, 0.25) is 5.91 Å². The molecule has 4 nitrogen and oxygen atoms in total. The normalized spacial score (nSPS) is 11.1. The van der Waals surface area contributed by atoms with E-state index in [-0.39, 0.29) is 17.6 Å². The first-order chi connectivity index (χ1) is 9.29. The maximum Gasteiger partial charge on any atom is 0.229 e. The van der Waals surface area contributed by atoms with Gasteiger partial charge in [0.1, 0.15) is 5.75 Å². The molecule has 20 heavy (non-hydrogen) atoms. The number of Topliss-reactive ketones (excluding diaryl/α,β-unsaturated/α-hetero) is 1. The molecule has 110 valence electrons. The Hall–Kier alpha value is -1.55. The number of ketones is 1. The highest BCUT2D eigenvalue weighted by Crippen LogP contribution is 2.28. The van der Waals surface area contributed by atoms with Crippen molar-refractivity contribution in [1.82, 2.24) is 0 Å². The molecule has 0 aromatic heterocycles. The first-order valence-corrected chi connectivity index (χ1v) is 7.00. The number of alkyl halides is 1. The number of nitrogens with one attached hydrogen (secondary N) is 1. The zero-order valence-corrected chi connectivity index (χ0v) is 13.0. The van der Waals surface area contributed by atoms with Crippen molar-refractivity contribution >= 4 is 29.0 Å².